The van der Waals surface area contributed by atoms with Crippen molar-refractivity contribution in [2.45, 2.75) is 32.5 Å². The van der Waals surface area contributed by atoms with Gasteiger partial charge in [0.05, 0.1) is 13.7 Å². The molecule has 1 saturated heterocycles. The molecule has 0 saturated carbocycles. The first-order valence-corrected chi connectivity index (χ1v) is 7.20. The van der Waals surface area contributed by atoms with Crippen LogP contribution in [0.5, 0.6) is 5.75 Å². The van der Waals surface area contributed by atoms with E-state index >= 15 is 0 Å². The molecule has 0 N–H and O–H groups in total. The van der Waals surface area contributed by atoms with Crippen LogP contribution < -0.4 is 4.74 Å². The second-order valence-corrected chi connectivity index (χ2v) is 5.18. The van der Waals surface area contributed by atoms with Gasteiger partial charge < -0.3 is 9.30 Å². The Bertz CT molecular complexity index is 579. The SMILES string of the molecule is CCn1ccnc1CN1CC[C@@H]1c1cccc(OC)c1. The van der Waals surface area contributed by atoms with E-state index in [1.165, 1.54) is 12.0 Å². The summed E-state index contributed by atoms with van der Waals surface area (Å²) in [5.74, 6) is 2.09. The number of methoxy groups -OCH3 is 1. The highest BCUT2D eigenvalue weighted by atomic mass is 16.5. The number of rotatable bonds is 5. The molecule has 3 rings (SSSR count). The highest BCUT2D eigenvalue weighted by Gasteiger charge is 2.30. The fraction of sp³-hybridized carbons (Fsp3) is 0.438. The summed E-state index contributed by atoms with van der Waals surface area (Å²) in [6, 6.07) is 8.88. The van der Waals surface area contributed by atoms with E-state index in [1.54, 1.807) is 7.11 Å². The van der Waals surface area contributed by atoms with Crippen LogP contribution in [0.25, 0.3) is 0 Å². The molecule has 4 heteroatoms. The minimum absolute atomic E-state index is 0.493. The molecule has 0 radical (unpaired) electrons. The summed E-state index contributed by atoms with van der Waals surface area (Å²) in [5.41, 5.74) is 1.34. The number of imidazole rings is 1. The quantitative estimate of drug-likeness (QED) is 0.837. The van der Waals surface area contributed by atoms with E-state index in [4.69, 9.17) is 4.74 Å². The molecule has 0 amide bonds. The van der Waals surface area contributed by atoms with Gasteiger partial charge in [0.25, 0.3) is 0 Å². The first-order valence-electron chi connectivity index (χ1n) is 7.20. The van der Waals surface area contributed by atoms with Gasteiger partial charge in [-0.05, 0) is 31.0 Å². The molecule has 2 aromatic rings. The van der Waals surface area contributed by atoms with Crippen LogP contribution in [0.15, 0.2) is 36.7 Å². The second-order valence-electron chi connectivity index (χ2n) is 5.18. The van der Waals surface area contributed by atoms with E-state index in [0.29, 0.717) is 6.04 Å². The molecule has 1 aliphatic rings. The number of likely N-dealkylation sites (tertiary alicyclic amines) is 1. The molecule has 1 aliphatic heterocycles. The van der Waals surface area contributed by atoms with E-state index in [0.717, 1.165) is 31.2 Å². The van der Waals surface area contributed by atoms with Gasteiger partial charge in [0.2, 0.25) is 0 Å². The molecule has 106 valence electrons. The lowest BCUT2D eigenvalue weighted by atomic mass is 9.94. The molecule has 2 heterocycles. The molecule has 0 aliphatic carbocycles. The third-order valence-electron chi connectivity index (χ3n) is 4.10. The van der Waals surface area contributed by atoms with Gasteiger partial charge in [0.15, 0.2) is 0 Å². The van der Waals surface area contributed by atoms with Crippen molar-refractivity contribution < 1.29 is 4.74 Å². The molecule has 1 aromatic heterocycles. The molecule has 0 bridgehead atoms. The Balaban J connectivity index is 1.73. The third-order valence-corrected chi connectivity index (χ3v) is 4.10. The monoisotopic (exact) mass is 271 g/mol. The average Bonchev–Trinajstić information content (AvgIpc) is 2.91. The zero-order valence-electron chi connectivity index (χ0n) is 12.1. The van der Waals surface area contributed by atoms with Crippen molar-refractivity contribution in [2.24, 2.45) is 0 Å². The van der Waals surface area contributed by atoms with E-state index in [2.05, 4.69) is 45.8 Å². The van der Waals surface area contributed by atoms with E-state index in [-0.39, 0.29) is 0 Å². The van der Waals surface area contributed by atoms with Crippen molar-refractivity contribution in [3.05, 3.63) is 48.0 Å². The van der Waals surface area contributed by atoms with Gasteiger partial charge in [0.1, 0.15) is 11.6 Å². The van der Waals surface area contributed by atoms with Crippen LogP contribution >= 0.6 is 0 Å². The Morgan fingerprint density at radius 1 is 1.40 bits per heavy atom. The predicted molar refractivity (Wildman–Crippen MR) is 78.7 cm³/mol. The first kappa shape index (κ1) is 13.2. The Morgan fingerprint density at radius 3 is 3.00 bits per heavy atom. The Morgan fingerprint density at radius 2 is 2.30 bits per heavy atom. The lowest BCUT2D eigenvalue weighted by Crippen LogP contribution is -2.40. The lowest BCUT2D eigenvalue weighted by Gasteiger charge is -2.41. The molecular formula is C16H21N3O. The summed E-state index contributed by atoms with van der Waals surface area (Å²) in [6.07, 6.45) is 5.15. The van der Waals surface area contributed by atoms with E-state index in [1.807, 2.05) is 12.3 Å². The summed E-state index contributed by atoms with van der Waals surface area (Å²) in [5, 5.41) is 0. The molecular weight excluding hydrogens is 250 g/mol. The molecule has 20 heavy (non-hydrogen) atoms. The van der Waals surface area contributed by atoms with Gasteiger partial charge in [-0.2, -0.15) is 0 Å². The van der Waals surface area contributed by atoms with Crippen molar-refractivity contribution >= 4 is 0 Å². The zero-order chi connectivity index (χ0) is 13.9. The maximum atomic E-state index is 5.32. The summed E-state index contributed by atoms with van der Waals surface area (Å²) in [7, 11) is 1.72. The largest absolute Gasteiger partial charge is 0.497 e. The number of nitrogens with zero attached hydrogens (tertiary/aromatic N) is 3. The fourth-order valence-corrected chi connectivity index (χ4v) is 2.82. The second kappa shape index (κ2) is 5.67. The van der Waals surface area contributed by atoms with Crippen LogP contribution in [-0.2, 0) is 13.1 Å². The molecule has 1 atom stereocenters. The number of aryl methyl sites for hydroxylation is 1. The normalized spacial score (nSPS) is 18.8. The summed E-state index contributed by atoms with van der Waals surface area (Å²) in [4.78, 5) is 6.94. The lowest BCUT2D eigenvalue weighted by molar-refractivity contribution is 0.0773. The average molecular weight is 271 g/mol. The fourth-order valence-electron chi connectivity index (χ4n) is 2.82. The van der Waals surface area contributed by atoms with Crippen LogP contribution in [0.2, 0.25) is 0 Å². The molecule has 4 nitrogen and oxygen atoms in total. The standard InChI is InChI=1S/C16H21N3O/c1-3-18-10-8-17-16(18)12-19-9-7-15(19)13-5-4-6-14(11-13)20-2/h4-6,8,10-11,15H,3,7,9,12H2,1-2H3/t15-/m1/s1. The van der Waals surface area contributed by atoms with Gasteiger partial charge in [-0.3, -0.25) is 4.90 Å². The summed E-state index contributed by atoms with van der Waals surface area (Å²) < 4.78 is 7.53. The van der Waals surface area contributed by atoms with Crippen molar-refractivity contribution in [2.75, 3.05) is 13.7 Å². The smallest absolute Gasteiger partial charge is 0.122 e. The van der Waals surface area contributed by atoms with Crippen molar-refractivity contribution in [3.63, 3.8) is 0 Å². The first-order chi connectivity index (χ1) is 9.81. The third kappa shape index (κ3) is 2.43. The van der Waals surface area contributed by atoms with Gasteiger partial charge in [-0.1, -0.05) is 12.1 Å². The van der Waals surface area contributed by atoms with Gasteiger partial charge in [-0.25, -0.2) is 4.98 Å². The van der Waals surface area contributed by atoms with Crippen LogP contribution in [0.4, 0.5) is 0 Å². The van der Waals surface area contributed by atoms with Gasteiger partial charge in [-0.15, -0.1) is 0 Å². The van der Waals surface area contributed by atoms with E-state index in [9.17, 15) is 0 Å². The van der Waals surface area contributed by atoms with Crippen LogP contribution in [-0.4, -0.2) is 28.1 Å². The predicted octanol–water partition coefficient (Wildman–Crippen LogP) is 2.86. The molecule has 0 spiro atoms. The minimum atomic E-state index is 0.493. The number of hydrogen-bond donors (Lipinski definition) is 0. The molecule has 1 fully saturated rings. The zero-order valence-corrected chi connectivity index (χ0v) is 12.1. The van der Waals surface area contributed by atoms with Crippen LogP contribution in [0.1, 0.15) is 30.8 Å². The highest BCUT2D eigenvalue weighted by molar-refractivity contribution is 5.31. The van der Waals surface area contributed by atoms with Crippen LogP contribution in [0, 0.1) is 0 Å². The van der Waals surface area contributed by atoms with Gasteiger partial charge in [0, 0.05) is 31.5 Å². The maximum Gasteiger partial charge on any atom is 0.122 e. The van der Waals surface area contributed by atoms with Gasteiger partial charge >= 0.3 is 0 Å². The summed E-state index contributed by atoms with van der Waals surface area (Å²) in [6.45, 7) is 5.19. The number of ether oxygens (including phenoxy) is 1. The maximum absolute atomic E-state index is 5.32. The Labute approximate surface area is 120 Å². The van der Waals surface area contributed by atoms with Crippen molar-refractivity contribution in [3.8, 4) is 5.75 Å². The highest BCUT2D eigenvalue weighted by Crippen LogP contribution is 2.35. The molecule has 1 aromatic carbocycles. The summed E-state index contributed by atoms with van der Waals surface area (Å²) >= 11 is 0. The van der Waals surface area contributed by atoms with Crippen LogP contribution in [0.3, 0.4) is 0 Å². The van der Waals surface area contributed by atoms with E-state index < -0.39 is 0 Å². The minimum Gasteiger partial charge on any atom is -0.497 e. The Hall–Kier alpha value is -1.81. The van der Waals surface area contributed by atoms with Crippen molar-refractivity contribution in [1.29, 1.82) is 0 Å². The Kier molecular flexibility index (Phi) is 3.74. The molecule has 0 unspecified atom stereocenters. The number of benzene rings is 1. The topological polar surface area (TPSA) is 30.3 Å². The number of aromatic nitrogens is 2. The number of hydrogen-bond acceptors (Lipinski definition) is 3. The van der Waals surface area contributed by atoms with Crippen molar-refractivity contribution in [1.82, 2.24) is 14.5 Å².